The molecule has 1 fully saturated rings. The molecule has 0 aliphatic carbocycles. The summed E-state index contributed by atoms with van der Waals surface area (Å²) in [5.74, 6) is 0. The van der Waals surface area contributed by atoms with Gasteiger partial charge in [-0.1, -0.05) is 13.3 Å². The maximum absolute atomic E-state index is 5.69. The van der Waals surface area contributed by atoms with Crippen molar-refractivity contribution in [2.45, 2.75) is 46.0 Å². The van der Waals surface area contributed by atoms with Gasteiger partial charge in [-0.2, -0.15) is 0 Å². The third kappa shape index (κ3) is 4.52. The monoisotopic (exact) mass is 214 g/mol. The van der Waals surface area contributed by atoms with Crippen LogP contribution in [0.1, 0.15) is 46.0 Å². The molecule has 0 saturated carbocycles. The molecule has 1 saturated heterocycles. The lowest BCUT2D eigenvalue weighted by Gasteiger charge is -2.40. The highest BCUT2D eigenvalue weighted by atomic mass is 16.5. The lowest BCUT2D eigenvalue weighted by molar-refractivity contribution is -0.931. The molecular formula is C13H28NO+. The van der Waals surface area contributed by atoms with Gasteiger partial charge in [-0.05, 0) is 32.6 Å². The van der Waals surface area contributed by atoms with Crippen molar-refractivity contribution in [3.8, 4) is 0 Å². The molecular weight excluding hydrogens is 186 g/mol. The Morgan fingerprint density at radius 1 is 1.00 bits per heavy atom. The molecule has 2 nitrogen and oxygen atoms in total. The number of hydrogen-bond acceptors (Lipinski definition) is 1. The molecule has 0 bridgehead atoms. The topological polar surface area (TPSA) is 9.23 Å². The second-order valence-corrected chi connectivity index (χ2v) is 4.86. The summed E-state index contributed by atoms with van der Waals surface area (Å²) in [5.41, 5.74) is 0. The molecule has 0 atom stereocenters. The van der Waals surface area contributed by atoms with E-state index < -0.39 is 0 Å². The van der Waals surface area contributed by atoms with Crippen LogP contribution in [0.5, 0.6) is 0 Å². The summed E-state index contributed by atoms with van der Waals surface area (Å²) in [6, 6.07) is 0. The second-order valence-electron chi connectivity index (χ2n) is 4.86. The fourth-order valence-corrected chi connectivity index (χ4v) is 2.49. The van der Waals surface area contributed by atoms with Crippen LogP contribution in [-0.2, 0) is 4.74 Å². The van der Waals surface area contributed by atoms with Crippen molar-refractivity contribution in [2.24, 2.45) is 0 Å². The summed E-state index contributed by atoms with van der Waals surface area (Å²) in [6.45, 7) is 11.8. The van der Waals surface area contributed by atoms with Crippen LogP contribution < -0.4 is 0 Å². The molecule has 0 N–H and O–H groups in total. The lowest BCUT2D eigenvalue weighted by Crippen LogP contribution is -2.53. The molecule has 15 heavy (non-hydrogen) atoms. The first-order chi connectivity index (χ1) is 7.33. The van der Waals surface area contributed by atoms with E-state index in [0.717, 1.165) is 13.2 Å². The lowest BCUT2D eigenvalue weighted by atomic mass is 10.1. The fourth-order valence-electron chi connectivity index (χ4n) is 2.49. The largest absolute Gasteiger partial charge is 0.376 e. The molecule has 0 amide bonds. The molecule has 1 aliphatic heterocycles. The van der Waals surface area contributed by atoms with Crippen molar-refractivity contribution in [2.75, 3.05) is 39.4 Å². The SMILES string of the molecule is CCCCOCC[N+]1(CC)CCCCC1. The molecule has 1 rings (SSSR count). The minimum absolute atomic E-state index is 0.959. The summed E-state index contributed by atoms with van der Waals surface area (Å²) >= 11 is 0. The number of piperidine rings is 1. The minimum atomic E-state index is 0.959. The first-order valence-corrected chi connectivity index (χ1v) is 6.76. The highest BCUT2D eigenvalue weighted by molar-refractivity contribution is 4.53. The number of hydrogen-bond donors (Lipinski definition) is 0. The van der Waals surface area contributed by atoms with Gasteiger partial charge in [0, 0.05) is 6.61 Å². The Bertz CT molecular complexity index is 153. The van der Waals surface area contributed by atoms with Gasteiger partial charge >= 0.3 is 0 Å². The Balaban J connectivity index is 2.15. The number of likely N-dealkylation sites (tertiary alicyclic amines) is 1. The van der Waals surface area contributed by atoms with Crippen molar-refractivity contribution in [3.05, 3.63) is 0 Å². The van der Waals surface area contributed by atoms with Crippen molar-refractivity contribution < 1.29 is 9.22 Å². The molecule has 90 valence electrons. The van der Waals surface area contributed by atoms with E-state index in [0.29, 0.717) is 0 Å². The molecule has 0 aromatic heterocycles. The maximum Gasteiger partial charge on any atom is 0.102 e. The summed E-state index contributed by atoms with van der Waals surface area (Å²) in [5, 5.41) is 0. The third-order valence-electron chi connectivity index (χ3n) is 3.79. The van der Waals surface area contributed by atoms with E-state index in [-0.39, 0.29) is 0 Å². The molecule has 1 aliphatic rings. The zero-order chi connectivity index (χ0) is 11.0. The van der Waals surface area contributed by atoms with Crippen LogP contribution in [0.4, 0.5) is 0 Å². The number of rotatable bonds is 7. The molecule has 1 heterocycles. The van der Waals surface area contributed by atoms with Crippen LogP contribution >= 0.6 is 0 Å². The predicted molar refractivity (Wildman–Crippen MR) is 65.0 cm³/mol. The second kappa shape index (κ2) is 7.24. The van der Waals surface area contributed by atoms with E-state index in [1.165, 1.54) is 62.8 Å². The summed E-state index contributed by atoms with van der Waals surface area (Å²) in [4.78, 5) is 0. The van der Waals surface area contributed by atoms with Gasteiger partial charge in [-0.15, -0.1) is 0 Å². The molecule has 0 unspecified atom stereocenters. The highest BCUT2D eigenvalue weighted by Gasteiger charge is 2.27. The van der Waals surface area contributed by atoms with E-state index in [1.807, 2.05) is 0 Å². The van der Waals surface area contributed by atoms with E-state index in [1.54, 1.807) is 0 Å². The van der Waals surface area contributed by atoms with Crippen molar-refractivity contribution in [1.82, 2.24) is 0 Å². The van der Waals surface area contributed by atoms with Gasteiger partial charge in [0.1, 0.15) is 6.54 Å². The molecule has 0 aromatic rings. The normalized spacial score (nSPS) is 20.4. The fraction of sp³-hybridized carbons (Fsp3) is 1.00. The Kier molecular flexibility index (Phi) is 6.26. The number of nitrogens with zero attached hydrogens (tertiary/aromatic N) is 1. The first kappa shape index (κ1) is 13.0. The molecule has 0 radical (unpaired) electrons. The van der Waals surface area contributed by atoms with Gasteiger partial charge in [0.2, 0.25) is 0 Å². The van der Waals surface area contributed by atoms with Crippen molar-refractivity contribution in [3.63, 3.8) is 0 Å². The standard InChI is InChI=1S/C13H28NO/c1-3-5-12-15-13-11-14(4-2)9-7-6-8-10-14/h3-13H2,1-2H3/q+1. The van der Waals surface area contributed by atoms with Gasteiger partial charge in [0.05, 0.1) is 26.2 Å². The van der Waals surface area contributed by atoms with Crippen LogP contribution in [0.3, 0.4) is 0 Å². The summed E-state index contributed by atoms with van der Waals surface area (Å²) < 4.78 is 7.00. The predicted octanol–water partition coefficient (Wildman–Crippen LogP) is 2.82. The quantitative estimate of drug-likeness (QED) is 0.468. The molecule has 2 heteroatoms. The zero-order valence-corrected chi connectivity index (χ0v) is 10.6. The van der Waals surface area contributed by atoms with Gasteiger partial charge in [-0.25, -0.2) is 0 Å². The Labute approximate surface area is 95.2 Å². The summed E-state index contributed by atoms with van der Waals surface area (Å²) in [6.07, 6.45) is 6.74. The molecule has 0 aromatic carbocycles. The highest BCUT2D eigenvalue weighted by Crippen LogP contribution is 2.18. The van der Waals surface area contributed by atoms with Crippen LogP contribution in [0, 0.1) is 0 Å². The van der Waals surface area contributed by atoms with Gasteiger partial charge in [0.25, 0.3) is 0 Å². The van der Waals surface area contributed by atoms with E-state index >= 15 is 0 Å². The van der Waals surface area contributed by atoms with Crippen LogP contribution in [0.2, 0.25) is 0 Å². The van der Waals surface area contributed by atoms with Crippen LogP contribution in [0.25, 0.3) is 0 Å². The first-order valence-electron chi connectivity index (χ1n) is 6.76. The average molecular weight is 214 g/mol. The van der Waals surface area contributed by atoms with Gasteiger partial charge < -0.3 is 9.22 Å². The Morgan fingerprint density at radius 3 is 2.33 bits per heavy atom. The van der Waals surface area contributed by atoms with Crippen molar-refractivity contribution in [1.29, 1.82) is 0 Å². The van der Waals surface area contributed by atoms with Gasteiger partial charge in [0.15, 0.2) is 0 Å². The number of unbranched alkanes of at least 4 members (excludes halogenated alkanes) is 1. The van der Waals surface area contributed by atoms with Crippen LogP contribution in [0.15, 0.2) is 0 Å². The Hall–Kier alpha value is -0.0800. The third-order valence-corrected chi connectivity index (χ3v) is 3.79. The molecule has 0 spiro atoms. The van der Waals surface area contributed by atoms with E-state index in [9.17, 15) is 0 Å². The van der Waals surface area contributed by atoms with Gasteiger partial charge in [-0.3, -0.25) is 0 Å². The minimum Gasteiger partial charge on any atom is -0.376 e. The van der Waals surface area contributed by atoms with E-state index in [2.05, 4.69) is 13.8 Å². The van der Waals surface area contributed by atoms with Crippen LogP contribution in [-0.4, -0.2) is 43.9 Å². The smallest absolute Gasteiger partial charge is 0.102 e. The zero-order valence-electron chi connectivity index (χ0n) is 10.6. The van der Waals surface area contributed by atoms with Crippen molar-refractivity contribution >= 4 is 0 Å². The number of likely N-dealkylation sites (N-methyl/N-ethyl adjacent to an activating group) is 1. The average Bonchev–Trinajstić information content (AvgIpc) is 2.30. The summed E-state index contributed by atoms with van der Waals surface area (Å²) in [7, 11) is 0. The number of ether oxygens (including phenoxy) is 1. The maximum atomic E-state index is 5.69. The van der Waals surface area contributed by atoms with E-state index in [4.69, 9.17) is 4.74 Å². The Morgan fingerprint density at radius 2 is 1.73 bits per heavy atom. The number of quaternary nitrogens is 1.